The molecule has 5 aromatic heterocycles. The second-order valence-electron chi connectivity index (χ2n) is 28.7. The molecule has 0 radical (unpaired) electrons. The first kappa shape index (κ1) is 87.2. The fraction of sp³-hybridized carbons (Fsp3) is 0.211. The van der Waals surface area contributed by atoms with Crippen LogP contribution in [0.25, 0.3) is 52.0 Å². The van der Waals surface area contributed by atoms with Gasteiger partial charge in [0.1, 0.15) is 17.3 Å². The Labute approximate surface area is 725 Å². The number of aromatic nitrogens is 8. The Hall–Kier alpha value is -11.7. The average Bonchev–Trinajstić information content (AvgIpc) is 1.53. The van der Waals surface area contributed by atoms with Crippen LogP contribution < -0.4 is 30.7 Å². The molecule has 12 aromatic rings. The van der Waals surface area contributed by atoms with Crippen LogP contribution in [-0.2, 0) is 39.4 Å². The van der Waals surface area contributed by atoms with Gasteiger partial charge in [-0.05, 0) is 206 Å². The summed E-state index contributed by atoms with van der Waals surface area (Å²) in [6.45, 7) is 9.46. The third-order valence-electron chi connectivity index (χ3n) is 20.1. The number of methoxy groups -OCH3 is 2. The second-order valence-corrected chi connectivity index (χ2v) is 32.9. The Kier molecular flexibility index (Phi) is 28.3. The number of fused-ring (bicyclic) bond motifs is 3. The minimum absolute atomic E-state index is 0.0296. The number of halogens is 6. The smallest absolute Gasteiger partial charge is 0.320 e. The van der Waals surface area contributed by atoms with Crippen LogP contribution in [0.2, 0.25) is 25.1 Å². The number of carbonyl (C=O) groups excluding carboxylic acids is 4. The van der Waals surface area contributed by atoms with Gasteiger partial charge in [0.15, 0.2) is 17.1 Å². The number of nitrogens with one attached hydrogen (secondary N) is 4. The van der Waals surface area contributed by atoms with E-state index in [2.05, 4.69) is 31.2 Å². The van der Waals surface area contributed by atoms with E-state index in [0.717, 1.165) is 66.1 Å². The normalized spacial score (nSPS) is 15.0. The van der Waals surface area contributed by atoms with Crippen LogP contribution in [-0.4, -0.2) is 146 Å². The van der Waals surface area contributed by atoms with Crippen molar-refractivity contribution in [3.63, 3.8) is 0 Å². The van der Waals surface area contributed by atoms with Gasteiger partial charge >= 0.3 is 5.97 Å². The number of pyridine rings is 2. The molecule has 0 spiro atoms. The van der Waals surface area contributed by atoms with E-state index in [0.29, 0.717) is 108 Å². The van der Waals surface area contributed by atoms with Gasteiger partial charge < -0.3 is 35.5 Å². The lowest BCUT2D eigenvalue weighted by Gasteiger charge is -2.31. The van der Waals surface area contributed by atoms with Crippen molar-refractivity contribution < 1.29 is 46.2 Å². The van der Waals surface area contributed by atoms with Crippen LogP contribution in [0.5, 0.6) is 11.5 Å². The van der Waals surface area contributed by atoms with Gasteiger partial charge in [0, 0.05) is 97.5 Å². The lowest BCUT2D eigenvalue weighted by molar-refractivity contribution is -0.144. The standard InChI is InChI=1S/C32H31Cl2N5O4.C30H30Cl2N6O4S.C28H24ClFN4O/c1-4-43-29(40)19-38-17-22(15-21-8-11-24(42-3)12-9-21)31-25(18-38)30(32(41)36-20(2)27-7-5-6-14-35-27)37-39(31)28-13-10-23(33)16-26(28)34;1-19(26-7-5-6-14-33-26)34-30(39)28-24-18-37(43(40,41)36(2)3)17-21(15-20-8-11-23(42-4)12-9-20)29(24)38(35-28)27-13-10-22(31)16-25(27)32;1-18(20-5-3-2-4-6-20)32-28(35)26-25-17-31-16-21(15-19-7-11-23(30)12-8-19)27(25)34(33-26)24-13-9-22(29)10-14-24/h5-16,20H,4,17-19H2,1-3H3,(H,36,41);5-16,19H,17-18H2,1-4H3,(H,34,39);2-15,18,31H,16-17H2,1H3,(H,32,35)/b22-15+;2*21-15+/t;;18-/m..1/s1. The highest BCUT2D eigenvalue weighted by Gasteiger charge is 2.39. The highest BCUT2D eigenvalue weighted by Crippen LogP contribution is 2.41. The summed E-state index contributed by atoms with van der Waals surface area (Å²) in [7, 11) is 2.26. The van der Waals surface area contributed by atoms with Crippen molar-refractivity contribution in [1.82, 2.24) is 74.1 Å². The Morgan fingerprint density at radius 2 is 0.959 bits per heavy atom. The zero-order valence-electron chi connectivity index (χ0n) is 67.1. The zero-order valence-corrected chi connectivity index (χ0v) is 71.7. The average molecular weight is 1750 g/mol. The number of carbonyl (C=O) groups is 4. The molecule has 7 aromatic carbocycles. The number of ether oxygens (including phenoxy) is 3. The predicted octanol–water partition coefficient (Wildman–Crippen LogP) is 17.0. The number of rotatable bonds is 22. The van der Waals surface area contributed by atoms with Gasteiger partial charge in [-0.15, -0.1) is 0 Å². The Bertz CT molecular complexity index is 5980. The summed E-state index contributed by atoms with van der Waals surface area (Å²) < 4.78 is 63.7. The van der Waals surface area contributed by atoms with Crippen molar-refractivity contribution in [3.05, 3.63) is 328 Å². The molecule has 3 amide bonds. The van der Waals surface area contributed by atoms with Gasteiger partial charge in [0.05, 0.1) is 101 Å². The molecule has 622 valence electrons. The number of nitrogens with zero attached hydrogens (tertiary/aromatic N) is 11. The molecule has 2 unspecified atom stereocenters. The van der Waals surface area contributed by atoms with Crippen LogP contribution in [0.4, 0.5) is 4.39 Å². The maximum Gasteiger partial charge on any atom is 0.320 e. The molecule has 0 saturated heterocycles. The van der Waals surface area contributed by atoms with Gasteiger partial charge in [-0.2, -0.15) is 32.3 Å². The second kappa shape index (κ2) is 39.2. The number of amides is 3. The molecule has 3 aliphatic rings. The minimum Gasteiger partial charge on any atom is -0.497 e. The van der Waals surface area contributed by atoms with Crippen molar-refractivity contribution >= 4 is 127 Å². The fourth-order valence-corrected chi connectivity index (χ4v) is 16.3. The van der Waals surface area contributed by atoms with Crippen LogP contribution in [0.3, 0.4) is 0 Å². The van der Waals surface area contributed by atoms with E-state index < -0.39 is 22.2 Å². The van der Waals surface area contributed by atoms with Crippen LogP contribution in [0.15, 0.2) is 213 Å². The molecule has 121 heavy (non-hydrogen) atoms. The third kappa shape index (κ3) is 20.7. The van der Waals surface area contributed by atoms with Crippen LogP contribution in [0.1, 0.15) is 145 Å². The first-order chi connectivity index (χ1) is 58.2. The largest absolute Gasteiger partial charge is 0.497 e. The number of esters is 1. The van der Waals surface area contributed by atoms with E-state index in [1.165, 1.54) is 30.5 Å². The highest BCUT2D eigenvalue weighted by atomic mass is 35.5. The van der Waals surface area contributed by atoms with Gasteiger partial charge in [-0.1, -0.05) is 137 Å². The molecule has 15 rings (SSSR count). The summed E-state index contributed by atoms with van der Waals surface area (Å²) in [4.78, 5) is 64.3. The van der Waals surface area contributed by atoms with E-state index >= 15 is 0 Å². The molecule has 0 bridgehead atoms. The molecule has 31 heteroatoms. The number of hydrogen-bond donors (Lipinski definition) is 4. The van der Waals surface area contributed by atoms with Gasteiger partial charge in [-0.25, -0.2) is 18.4 Å². The maximum absolute atomic E-state index is 13.8. The SMILES string of the molecule is CCOC(=O)CN1C/C(=C\c2ccc(OC)cc2)c2c(c(C(=O)NC(C)c3ccccn3)nn2-c2ccc(Cl)cc2Cl)C1.COc1ccc(/C=C2\CN(S(=O)(=O)N(C)C)Cc3c(C(=O)NC(C)c4ccccn4)nn(-c4ccc(Cl)cc4Cl)c32)cc1.C[C@@H](NC(=O)c1nn(-c2ccc(Cl)cc2)c2c1CNC/C2=C\c1ccc(F)cc1)c1ccccc1. The zero-order chi connectivity index (χ0) is 85.8. The van der Waals surface area contributed by atoms with E-state index in [1.807, 2.05) is 165 Å². The number of hydrogen-bond acceptors (Lipinski definition) is 16. The van der Waals surface area contributed by atoms with Gasteiger partial charge in [-0.3, -0.25) is 34.0 Å². The maximum atomic E-state index is 13.8. The Morgan fingerprint density at radius 1 is 0.512 bits per heavy atom. The molecule has 3 aliphatic heterocycles. The van der Waals surface area contributed by atoms with Gasteiger partial charge in [0.2, 0.25) is 0 Å². The molecule has 0 aliphatic carbocycles. The Balaban J connectivity index is 0.000000158. The van der Waals surface area contributed by atoms with Gasteiger partial charge in [0.25, 0.3) is 27.9 Å². The monoisotopic (exact) mass is 1750 g/mol. The summed E-state index contributed by atoms with van der Waals surface area (Å²) in [6.07, 6.45) is 9.20. The molecular formula is C90H85Cl5FN15O9S. The molecule has 0 fully saturated rings. The van der Waals surface area contributed by atoms with Crippen molar-refractivity contribution in [2.75, 3.05) is 61.1 Å². The first-order valence-electron chi connectivity index (χ1n) is 38.5. The fourth-order valence-electron chi connectivity index (χ4n) is 14.1. The lowest BCUT2D eigenvalue weighted by atomic mass is 9.97. The highest BCUT2D eigenvalue weighted by molar-refractivity contribution is 7.86. The predicted molar refractivity (Wildman–Crippen MR) is 471 cm³/mol. The summed E-state index contributed by atoms with van der Waals surface area (Å²) in [6, 6.07) is 58.6. The van der Waals surface area contributed by atoms with Crippen molar-refractivity contribution in [2.24, 2.45) is 0 Å². The minimum atomic E-state index is -3.87. The molecule has 24 nitrogen and oxygen atoms in total. The van der Waals surface area contributed by atoms with Crippen molar-refractivity contribution in [2.45, 2.75) is 65.5 Å². The summed E-state index contributed by atoms with van der Waals surface area (Å²) >= 11 is 31.8. The van der Waals surface area contributed by atoms with E-state index in [4.69, 9.17) is 87.5 Å². The Morgan fingerprint density at radius 3 is 1.44 bits per heavy atom. The third-order valence-corrected chi connectivity index (χ3v) is 23.3. The summed E-state index contributed by atoms with van der Waals surface area (Å²) in [5, 5.41) is 29.0. The molecular weight excluding hydrogens is 1660 g/mol. The van der Waals surface area contributed by atoms with Crippen LogP contribution in [0, 0.1) is 5.82 Å². The quantitative estimate of drug-likeness (QED) is 0.0459. The van der Waals surface area contributed by atoms with E-state index in [9.17, 15) is 32.0 Å². The molecule has 4 N–H and O–H groups in total. The topological polar surface area (TPSA) is 267 Å². The summed E-state index contributed by atoms with van der Waals surface area (Å²) in [5.41, 5.74) is 14.0. The number of benzene rings is 7. The molecule has 8 heterocycles. The van der Waals surface area contributed by atoms with E-state index in [-0.39, 0.29) is 73.3 Å². The lowest BCUT2D eigenvalue weighted by Crippen LogP contribution is -2.43. The first-order valence-corrected chi connectivity index (χ1v) is 41.8. The molecule has 0 saturated carbocycles. The van der Waals surface area contributed by atoms with Crippen LogP contribution >= 0.6 is 58.0 Å². The summed E-state index contributed by atoms with van der Waals surface area (Å²) in [5.74, 6) is -0.317. The van der Waals surface area contributed by atoms with E-state index in [1.54, 1.807) is 114 Å². The van der Waals surface area contributed by atoms with Crippen molar-refractivity contribution in [1.29, 1.82) is 0 Å². The molecule has 3 atom stereocenters. The van der Waals surface area contributed by atoms with Crippen molar-refractivity contribution in [3.8, 4) is 28.6 Å².